The predicted molar refractivity (Wildman–Crippen MR) is 54.8 cm³/mol. The van der Waals surface area contributed by atoms with Crippen LogP contribution in [-0.4, -0.2) is 37.4 Å². The molecular weight excluding hydrogens is 164 g/mol. The van der Waals surface area contributed by atoms with Crippen LogP contribution in [0.1, 0.15) is 26.2 Å². The molecule has 0 aromatic rings. The molecule has 78 valence electrons. The number of aliphatic hydroxyl groups excluding tert-OH is 1. The Balaban J connectivity index is 1.98. The first-order valence-corrected chi connectivity index (χ1v) is 5.38. The summed E-state index contributed by atoms with van der Waals surface area (Å²) in [7, 11) is 0. The molecule has 1 fully saturated rings. The highest BCUT2D eigenvalue weighted by Gasteiger charge is 2.11. The molecule has 1 rings (SSSR count). The largest absolute Gasteiger partial charge is 0.396 e. The van der Waals surface area contributed by atoms with Crippen LogP contribution in [0.5, 0.6) is 0 Å². The zero-order valence-electron chi connectivity index (χ0n) is 8.55. The number of rotatable bonds is 5. The molecule has 0 saturated carbocycles. The zero-order valence-corrected chi connectivity index (χ0v) is 8.55. The van der Waals surface area contributed by atoms with Gasteiger partial charge in [0, 0.05) is 19.2 Å². The summed E-state index contributed by atoms with van der Waals surface area (Å²) in [5.74, 6) is 0.378. The van der Waals surface area contributed by atoms with Gasteiger partial charge in [0.25, 0.3) is 0 Å². The summed E-state index contributed by atoms with van der Waals surface area (Å²) in [5, 5.41) is 15.7. The van der Waals surface area contributed by atoms with E-state index in [0.717, 1.165) is 13.1 Å². The minimum Gasteiger partial charge on any atom is -0.396 e. The molecule has 2 atom stereocenters. The first-order valence-electron chi connectivity index (χ1n) is 5.38. The van der Waals surface area contributed by atoms with Crippen molar-refractivity contribution >= 4 is 0 Å². The zero-order chi connectivity index (χ0) is 9.52. The Morgan fingerprint density at radius 2 is 2.38 bits per heavy atom. The van der Waals surface area contributed by atoms with E-state index in [1.165, 1.54) is 25.8 Å². The lowest BCUT2D eigenvalue weighted by Gasteiger charge is -2.24. The highest BCUT2D eigenvalue weighted by atomic mass is 16.3. The summed E-state index contributed by atoms with van der Waals surface area (Å²) in [6.07, 6.45) is 3.97. The van der Waals surface area contributed by atoms with E-state index in [1.807, 2.05) is 0 Å². The Hall–Kier alpha value is -0.120. The second-order valence-corrected chi connectivity index (χ2v) is 4.09. The Bertz CT molecular complexity index is 124. The highest BCUT2D eigenvalue weighted by Crippen LogP contribution is 2.05. The van der Waals surface area contributed by atoms with Crippen molar-refractivity contribution in [3.63, 3.8) is 0 Å². The Morgan fingerprint density at radius 1 is 1.54 bits per heavy atom. The standard InChI is InChI=1S/C10H22N2O/c1-9(8-13)6-11-7-10-4-2-3-5-12-10/h9-13H,2-8H2,1H3. The van der Waals surface area contributed by atoms with Crippen LogP contribution in [0.25, 0.3) is 0 Å². The maximum absolute atomic E-state index is 8.82. The van der Waals surface area contributed by atoms with Crippen molar-refractivity contribution in [1.29, 1.82) is 0 Å². The molecule has 0 aliphatic carbocycles. The highest BCUT2D eigenvalue weighted by molar-refractivity contribution is 4.74. The van der Waals surface area contributed by atoms with E-state index in [1.54, 1.807) is 0 Å². The molecule has 3 nitrogen and oxygen atoms in total. The number of aliphatic hydroxyl groups is 1. The monoisotopic (exact) mass is 186 g/mol. The van der Waals surface area contributed by atoms with Crippen LogP contribution in [0.2, 0.25) is 0 Å². The summed E-state index contributed by atoms with van der Waals surface area (Å²) < 4.78 is 0. The second kappa shape index (κ2) is 6.35. The van der Waals surface area contributed by atoms with E-state index in [9.17, 15) is 0 Å². The van der Waals surface area contributed by atoms with Gasteiger partial charge in [-0.2, -0.15) is 0 Å². The molecule has 3 N–H and O–H groups in total. The van der Waals surface area contributed by atoms with Crippen molar-refractivity contribution in [1.82, 2.24) is 10.6 Å². The molecule has 1 aliphatic rings. The third-order valence-electron chi connectivity index (χ3n) is 2.61. The minimum absolute atomic E-state index is 0.283. The molecule has 0 spiro atoms. The van der Waals surface area contributed by atoms with Gasteiger partial charge in [-0.25, -0.2) is 0 Å². The van der Waals surface area contributed by atoms with Crippen LogP contribution in [0.3, 0.4) is 0 Å². The molecule has 3 heteroatoms. The van der Waals surface area contributed by atoms with Crippen LogP contribution in [-0.2, 0) is 0 Å². The third-order valence-corrected chi connectivity index (χ3v) is 2.61. The molecule has 2 unspecified atom stereocenters. The molecule has 0 radical (unpaired) electrons. The van der Waals surface area contributed by atoms with Crippen LogP contribution in [0.15, 0.2) is 0 Å². The van der Waals surface area contributed by atoms with E-state index in [0.29, 0.717) is 12.0 Å². The smallest absolute Gasteiger partial charge is 0.0468 e. The fourth-order valence-corrected chi connectivity index (χ4v) is 1.67. The molecule has 0 aromatic carbocycles. The van der Waals surface area contributed by atoms with Crippen molar-refractivity contribution in [2.45, 2.75) is 32.2 Å². The number of hydrogen-bond acceptors (Lipinski definition) is 3. The van der Waals surface area contributed by atoms with E-state index in [4.69, 9.17) is 5.11 Å². The molecule has 1 heterocycles. The van der Waals surface area contributed by atoms with Crippen molar-refractivity contribution in [3.05, 3.63) is 0 Å². The van der Waals surface area contributed by atoms with Crippen LogP contribution >= 0.6 is 0 Å². The Labute approximate surface area is 80.9 Å². The molecule has 0 bridgehead atoms. The third kappa shape index (κ3) is 4.60. The fourth-order valence-electron chi connectivity index (χ4n) is 1.67. The molecule has 13 heavy (non-hydrogen) atoms. The number of piperidine rings is 1. The fraction of sp³-hybridized carbons (Fsp3) is 1.00. The van der Waals surface area contributed by atoms with Crippen molar-refractivity contribution < 1.29 is 5.11 Å². The lowest BCUT2D eigenvalue weighted by atomic mass is 10.0. The van der Waals surface area contributed by atoms with Gasteiger partial charge in [-0.1, -0.05) is 13.3 Å². The van der Waals surface area contributed by atoms with Gasteiger partial charge in [0.1, 0.15) is 0 Å². The average molecular weight is 186 g/mol. The van der Waals surface area contributed by atoms with Gasteiger partial charge in [0.15, 0.2) is 0 Å². The summed E-state index contributed by atoms with van der Waals surface area (Å²) >= 11 is 0. The predicted octanol–water partition coefficient (Wildman–Crippen LogP) is 0.346. The topological polar surface area (TPSA) is 44.3 Å². The van der Waals surface area contributed by atoms with Crippen LogP contribution in [0, 0.1) is 5.92 Å². The van der Waals surface area contributed by atoms with Crippen molar-refractivity contribution in [2.75, 3.05) is 26.2 Å². The summed E-state index contributed by atoms with van der Waals surface area (Å²) in [6, 6.07) is 0.652. The molecule has 0 amide bonds. The Kier molecular flexibility index (Phi) is 5.35. The van der Waals surface area contributed by atoms with Gasteiger partial charge in [-0.15, -0.1) is 0 Å². The second-order valence-electron chi connectivity index (χ2n) is 4.09. The molecular formula is C10H22N2O. The quantitative estimate of drug-likeness (QED) is 0.580. The van der Waals surface area contributed by atoms with Gasteiger partial charge < -0.3 is 15.7 Å². The first-order chi connectivity index (χ1) is 6.33. The van der Waals surface area contributed by atoms with E-state index in [2.05, 4.69) is 17.6 Å². The molecule has 0 aromatic heterocycles. The van der Waals surface area contributed by atoms with E-state index < -0.39 is 0 Å². The van der Waals surface area contributed by atoms with Crippen LogP contribution < -0.4 is 10.6 Å². The lowest BCUT2D eigenvalue weighted by Crippen LogP contribution is -2.42. The minimum atomic E-state index is 0.283. The molecule has 1 aliphatic heterocycles. The number of nitrogens with one attached hydrogen (secondary N) is 2. The summed E-state index contributed by atoms with van der Waals surface area (Å²) in [4.78, 5) is 0. The van der Waals surface area contributed by atoms with Crippen LogP contribution in [0.4, 0.5) is 0 Å². The molecule has 1 saturated heterocycles. The number of hydrogen-bond donors (Lipinski definition) is 3. The van der Waals surface area contributed by atoms with E-state index >= 15 is 0 Å². The lowest BCUT2D eigenvalue weighted by molar-refractivity contribution is 0.231. The van der Waals surface area contributed by atoms with Gasteiger partial charge in [-0.3, -0.25) is 0 Å². The maximum atomic E-state index is 8.82. The normalized spacial score (nSPS) is 25.8. The van der Waals surface area contributed by atoms with Crippen molar-refractivity contribution in [2.24, 2.45) is 5.92 Å². The van der Waals surface area contributed by atoms with Gasteiger partial charge in [0.2, 0.25) is 0 Å². The van der Waals surface area contributed by atoms with Gasteiger partial charge >= 0.3 is 0 Å². The average Bonchev–Trinajstić information content (AvgIpc) is 2.19. The van der Waals surface area contributed by atoms with Crippen molar-refractivity contribution in [3.8, 4) is 0 Å². The summed E-state index contributed by atoms with van der Waals surface area (Å²) in [6.45, 7) is 5.48. The maximum Gasteiger partial charge on any atom is 0.0468 e. The van der Waals surface area contributed by atoms with Gasteiger partial charge in [0.05, 0.1) is 0 Å². The van der Waals surface area contributed by atoms with Gasteiger partial charge in [-0.05, 0) is 31.8 Å². The first kappa shape index (κ1) is 11.0. The van der Waals surface area contributed by atoms with E-state index in [-0.39, 0.29) is 6.61 Å². The SMILES string of the molecule is CC(CO)CNCC1CCCCN1. The Morgan fingerprint density at radius 3 is 3.00 bits per heavy atom. The summed E-state index contributed by atoms with van der Waals surface area (Å²) in [5.41, 5.74) is 0.